The molecule has 0 fully saturated rings. The smallest absolute Gasteiger partial charge is 0.0590 e. The van der Waals surface area contributed by atoms with Gasteiger partial charge in [0.2, 0.25) is 0 Å². The third-order valence-electron chi connectivity index (χ3n) is 6.25. The Morgan fingerprint density at radius 1 is 0.629 bits per heavy atom. The van der Waals surface area contributed by atoms with E-state index in [0.29, 0.717) is 0 Å². The van der Waals surface area contributed by atoms with Crippen molar-refractivity contribution >= 4 is 45.6 Å². The lowest BCUT2D eigenvalue weighted by molar-refractivity contribution is 0.827. The molecule has 0 unspecified atom stereocenters. The summed E-state index contributed by atoms with van der Waals surface area (Å²) >= 11 is 0. The van der Waals surface area contributed by atoms with Crippen molar-refractivity contribution in [3.63, 3.8) is 0 Å². The van der Waals surface area contributed by atoms with Gasteiger partial charge in [-0.2, -0.15) is 10.2 Å². The quantitative estimate of drug-likeness (QED) is 0.199. The van der Waals surface area contributed by atoms with Crippen LogP contribution in [0.1, 0.15) is 18.1 Å². The van der Waals surface area contributed by atoms with E-state index in [-0.39, 0.29) is 0 Å². The average Bonchev–Trinajstić information content (AvgIpc) is 3.23. The van der Waals surface area contributed by atoms with E-state index < -0.39 is 0 Å². The van der Waals surface area contributed by atoms with Crippen LogP contribution < -0.4 is 10.0 Å². The van der Waals surface area contributed by atoms with Gasteiger partial charge >= 0.3 is 0 Å². The summed E-state index contributed by atoms with van der Waals surface area (Å²) in [6, 6.07) is 33.4. The van der Waals surface area contributed by atoms with Crippen LogP contribution in [0.4, 0.5) is 11.4 Å². The molecule has 0 saturated carbocycles. The average molecular weight is 460 g/mol. The molecule has 0 radical (unpaired) electrons. The number of fused-ring (bicyclic) bond motifs is 3. The molecule has 1 heterocycles. The Balaban J connectivity index is 1.49. The second-order valence-corrected chi connectivity index (χ2v) is 8.50. The number of benzene rings is 4. The summed E-state index contributed by atoms with van der Waals surface area (Å²) in [5, 5.41) is 15.5. The van der Waals surface area contributed by atoms with Gasteiger partial charge in [-0.25, -0.2) is 0 Å². The fourth-order valence-electron chi connectivity index (χ4n) is 4.37. The summed E-state index contributed by atoms with van der Waals surface area (Å²) in [6.45, 7) is 3.10. The maximum atomic E-state index is 4.65. The highest BCUT2D eigenvalue weighted by Crippen LogP contribution is 2.30. The van der Waals surface area contributed by atoms with Gasteiger partial charge in [0.05, 0.1) is 23.8 Å². The maximum absolute atomic E-state index is 4.65. The van der Waals surface area contributed by atoms with E-state index in [1.807, 2.05) is 97.2 Å². The first-order valence-electron chi connectivity index (χ1n) is 11.9. The van der Waals surface area contributed by atoms with Gasteiger partial charge in [0.15, 0.2) is 0 Å². The van der Waals surface area contributed by atoms with Crippen molar-refractivity contribution in [1.29, 1.82) is 0 Å². The first-order valence-corrected chi connectivity index (χ1v) is 11.9. The molecule has 174 valence electrons. The fourth-order valence-corrected chi connectivity index (χ4v) is 4.37. The van der Waals surface area contributed by atoms with Crippen LogP contribution in [0.5, 0.6) is 0 Å². The molecule has 5 nitrogen and oxygen atoms in total. The van der Waals surface area contributed by atoms with E-state index in [1.165, 1.54) is 21.8 Å². The Morgan fingerprint density at radius 3 is 1.46 bits per heavy atom. The molecule has 0 aliphatic rings. The Morgan fingerprint density at radius 2 is 1.06 bits per heavy atom. The van der Waals surface area contributed by atoms with Crippen LogP contribution in [0.15, 0.2) is 107 Å². The third-order valence-corrected chi connectivity index (χ3v) is 6.25. The van der Waals surface area contributed by atoms with Gasteiger partial charge in [-0.1, -0.05) is 48.5 Å². The zero-order chi connectivity index (χ0) is 24.2. The minimum atomic E-state index is 0.911. The first kappa shape index (κ1) is 22.4. The van der Waals surface area contributed by atoms with Gasteiger partial charge in [0.1, 0.15) is 0 Å². The Bertz CT molecular complexity index is 1390. The minimum Gasteiger partial charge on any atom is -0.341 e. The molecule has 0 atom stereocenters. The second-order valence-electron chi connectivity index (χ2n) is 8.50. The van der Waals surface area contributed by atoms with Gasteiger partial charge in [-0.15, -0.1) is 0 Å². The lowest BCUT2D eigenvalue weighted by Gasteiger charge is -2.12. The molecule has 0 saturated heterocycles. The largest absolute Gasteiger partial charge is 0.341 e. The highest BCUT2D eigenvalue weighted by molar-refractivity contribution is 6.10. The normalized spacial score (nSPS) is 11.7. The molecule has 5 rings (SSSR count). The monoisotopic (exact) mass is 459 g/mol. The summed E-state index contributed by atoms with van der Waals surface area (Å²) in [6.07, 6.45) is 3.84. The first-order chi connectivity index (χ1) is 17.1. The molecular formula is C30H29N5. The fraction of sp³-hybridized carbons (Fsp3) is 0.133. The van der Waals surface area contributed by atoms with Crippen molar-refractivity contribution in [3.05, 3.63) is 108 Å². The van der Waals surface area contributed by atoms with Crippen molar-refractivity contribution in [2.45, 2.75) is 13.5 Å². The number of hydrogen-bond donors (Lipinski definition) is 0. The molecule has 0 aliphatic heterocycles. The van der Waals surface area contributed by atoms with E-state index in [9.17, 15) is 0 Å². The van der Waals surface area contributed by atoms with Crippen LogP contribution in [0.25, 0.3) is 21.8 Å². The predicted octanol–water partition coefficient (Wildman–Crippen LogP) is 6.76. The number of rotatable bonds is 7. The van der Waals surface area contributed by atoms with Crippen LogP contribution in [-0.2, 0) is 6.54 Å². The van der Waals surface area contributed by atoms with Gasteiger partial charge in [-0.05, 0) is 66.6 Å². The molecule has 0 amide bonds. The van der Waals surface area contributed by atoms with Crippen molar-refractivity contribution in [1.82, 2.24) is 4.57 Å². The highest BCUT2D eigenvalue weighted by atomic mass is 15.4. The third kappa shape index (κ3) is 4.66. The van der Waals surface area contributed by atoms with E-state index in [0.717, 1.165) is 29.0 Å². The Kier molecular flexibility index (Phi) is 6.31. The van der Waals surface area contributed by atoms with Gasteiger partial charge in [0, 0.05) is 42.4 Å². The molecule has 5 heteroatoms. The van der Waals surface area contributed by atoms with Crippen molar-refractivity contribution in [3.8, 4) is 0 Å². The number of anilines is 2. The van der Waals surface area contributed by atoms with E-state index in [2.05, 4.69) is 58.1 Å². The number of hydrazone groups is 2. The SMILES string of the molecule is CCn1c2ccc(C=NN(C)c3ccccc3)cc2c2cc(C=NN(C)c3ccccc3)ccc21. The Labute approximate surface area is 206 Å². The van der Waals surface area contributed by atoms with Gasteiger partial charge < -0.3 is 4.57 Å². The zero-order valence-electron chi connectivity index (χ0n) is 20.3. The minimum absolute atomic E-state index is 0.911. The summed E-state index contributed by atoms with van der Waals surface area (Å²) < 4.78 is 2.36. The second kappa shape index (κ2) is 9.85. The number of para-hydroxylation sites is 2. The predicted molar refractivity (Wildman–Crippen MR) is 150 cm³/mol. The molecule has 0 bridgehead atoms. The molecule has 0 spiro atoms. The van der Waals surface area contributed by atoms with Crippen LogP contribution in [0.2, 0.25) is 0 Å². The van der Waals surface area contributed by atoms with Gasteiger partial charge in [-0.3, -0.25) is 10.0 Å². The number of hydrogen-bond acceptors (Lipinski definition) is 4. The summed E-state index contributed by atoms with van der Waals surface area (Å²) in [4.78, 5) is 0. The molecule has 1 aromatic heterocycles. The molecular weight excluding hydrogens is 430 g/mol. The number of aryl methyl sites for hydroxylation is 1. The van der Waals surface area contributed by atoms with Crippen LogP contribution in [0.3, 0.4) is 0 Å². The van der Waals surface area contributed by atoms with Crippen LogP contribution >= 0.6 is 0 Å². The summed E-state index contributed by atoms with van der Waals surface area (Å²) in [5.74, 6) is 0. The lowest BCUT2D eigenvalue weighted by Crippen LogP contribution is -2.08. The van der Waals surface area contributed by atoms with Crippen molar-refractivity contribution < 1.29 is 0 Å². The number of aromatic nitrogens is 1. The number of nitrogens with zero attached hydrogens (tertiary/aromatic N) is 5. The lowest BCUT2D eigenvalue weighted by atomic mass is 10.1. The Hall–Kier alpha value is -4.38. The topological polar surface area (TPSA) is 36.1 Å². The highest BCUT2D eigenvalue weighted by Gasteiger charge is 2.11. The standard InChI is InChI=1S/C30H29N5/c1-4-35-29-17-15-23(21-31-33(2)25-11-7-5-8-12-25)19-27(29)28-20-24(16-18-30(28)35)22-32-34(3)26-13-9-6-10-14-26/h5-22H,4H2,1-3H3. The van der Waals surface area contributed by atoms with Crippen LogP contribution in [-0.4, -0.2) is 31.1 Å². The summed E-state index contributed by atoms with van der Waals surface area (Å²) in [5.41, 5.74) is 6.70. The summed E-state index contributed by atoms with van der Waals surface area (Å²) in [7, 11) is 3.93. The maximum Gasteiger partial charge on any atom is 0.0590 e. The van der Waals surface area contributed by atoms with E-state index in [4.69, 9.17) is 0 Å². The molecule has 4 aromatic carbocycles. The van der Waals surface area contributed by atoms with E-state index >= 15 is 0 Å². The van der Waals surface area contributed by atoms with Gasteiger partial charge in [0.25, 0.3) is 0 Å². The molecule has 0 aliphatic carbocycles. The van der Waals surface area contributed by atoms with Crippen LogP contribution in [0, 0.1) is 0 Å². The molecule has 0 N–H and O–H groups in total. The van der Waals surface area contributed by atoms with Crippen molar-refractivity contribution in [2.24, 2.45) is 10.2 Å². The van der Waals surface area contributed by atoms with Crippen molar-refractivity contribution in [2.75, 3.05) is 24.1 Å². The molecule has 35 heavy (non-hydrogen) atoms. The molecule has 5 aromatic rings. The zero-order valence-corrected chi connectivity index (χ0v) is 20.3. The van der Waals surface area contributed by atoms with E-state index in [1.54, 1.807) is 0 Å².